The summed E-state index contributed by atoms with van der Waals surface area (Å²) in [5.41, 5.74) is 3.75. The van der Waals surface area contributed by atoms with E-state index in [9.17, 15) is 4.79 Å². The van der Waals surface area contributed by atoms with E-state index in [1.807, 2.05) is 23.6 Å². The number of carbonyl (C=O) groups is 1. The van der Waals surface area contributed by atoms with Gasteiger partial charge in [-0.1, -0.05) is 30.3 Å². The largest absolute Gasteiger partial charge is 0.466 e. The molecule has 0 spiro atoms. The molecule has 5 nitrogen and oxygen atoms in total. The molecule has 5 heteroatoms. The third-order valence-corrected chi connectivity index (χ3v) is 2.89. The average Bonchev–Trinajstić information content (AvgIpc) is 2.96. The summed E-state index contributed by atoms with van der Waals surface area (Å²) in [6, 6.07) is 11.9. The molecule has 1 aromatic carbocycles. The number of benzene rings is 1. The van der Waals surface area contributed by atoms with Gasteiger partial charge in [-0.15, -0.1) is 0 Å². The summed E-state index contributed by atoms with van der Waals surface area (Å²) in [7, 11) is 0. The smallest absolute Gasteiger partial charge is 0.268 e. The molecule has 0 aliphatic carbocycles. The summed E-state index contributed by atoms with van der Waals surface area (Å²) in [6.45, 7) is 1.00. The Morgan fingerprint density at radius 3 is 2.85 bits per heavy atom. The highest BCUT2D eigenvalue weighted by Gasteiger charge is 2.08. The van der Waals surface area contributed by atoms with Crippen molar-refractivity contribution in [3.05, 3.63) is 59.5 Å². The summed E-state index contributed by atoms with van der Waals surface area (Å²) in [5.74, 6) is 5.28. The van der Waals surface area contributed by atoms with Crippen molar-refractivity contribution in [2.24, 2.45) is 5.84 Å². The summed E-state index contributed by atoms with van der Waals surface area (Å²) >= 11 is 0. The molecule has 0 unspecified atom stereocenters. The first-order valence-corrected chi connectivity index (χ1v) is 6.49. The second kappa shape index (κ2) is 7.47. The van der Waals surface area contributed by atoms with Crippen LogP contribution in [0.25, 0.3) is 0 Å². The van der Waals surface area contributed by atoms with Gasteiger partial charge < -0.3 is 9.15 Å². The predicted molar refractivity (Wildman–Crippen MR) is 74.8 cm³/mol. The van der Waals surface area contributed by atoms with Crippen molar-refractivity contribution >= 4 is 5.91 Å². The number of nitrogen functional groups attached to an aromatic ring is 1. The first kappa shape index (κ1) is 14.3. The van der Waals surface area contributed by atoms with E-state index in [0.717, 1.165) is 12.8 Å². The fourth-order valence-corrected chi connectivity index (χ4v) is 1.85. The Kier molecular flexibility index (Phi) is 5.34. The van der Waals surface area contributed by atoms with Crippen molar-refractivity contribution in [2.75, 3.05) is 6.61 Å². The van der Waals surface area contributed by atoms with Crippen molar-refractivity contribution in [3.8, 4) is 0 Å². The molecule has 0 bridgehead atoms. The minimum Gasteiger partial charge on any atom is -0.466 e. The summed E-state index contributed by atoms with van der Waals surface area (Å²) < 4.78 is 10.7. The van der Waals surface area contributed by atoms with Gasteiger partial charge in [0.2, 0.25) is 0 Å². The number of rotatable bonds is 7. The Bertz CT molecular complexity index is 537. The Hall–Kier alpha value is -2.11. The van der Waals surface area contributed by atoms with E-state index in [4.69, 9.17) is 15.0 Å². The number of hydrogen-bond donors (Lipinski definition) is 2. The van der Waals surface area contributed by atoms with Crippen LogP contribution in [0.3, 0.4) is 0 Å². The number of hydrazine groups is 1. The van der Waals surface area contributed by atoms with Crippen LogP contribution in [-0.4, -0.2) is 12.5 Å². The van der Waals surface area contributed by atoms with Crippen molar-refractivity contribution < 1.29 is 13.9 Å². The van der Waals surface area contributed by atoms with Crippen LogP contribution < -0.4 is 11.3 Å². The molecule has 2 rings (SSSR count). The normalized spacial score (nSPS) is 10.4. The van der Waals surface area contributed by atoms with Crippen molar-refractivity contribution in [1.29, 1.82) is 0 Å². The van der Waals surface area contributed by atoms with Gasteiger partial charge in [0.25, 0.3) is 5.91 Å². The molecule has 3 N–H and O–H groups in total. The van der Waals surface area contributed by atoms with Crippen LogP contribution in [-0.2, 0) is 17.8 Å². The molecule has 20 heavy (non-hydrogen) atoms. The average molecular weight is 274 g/mol. The van der Waals surface area contributed by atoms with E-state index in [1.54, 1.807) is 6.07 Å². The standard InChI is InChI=1S/C15H18N2O3/c16-17-15(18)13-9-14(20-10-13)11-19-8-4-7-12-5-2-1-3-6-12/h1-3,5-6,9-10H,4,7-8,11,16H2,(H,17,18). The molecule has 1 amide bonds. The SMILES string of the molecule is NNC(=O)c1coc(COCCCc2ccccc2)c1. The van der Waals surface area contributed by atoms with Crippen LogP contribution >= 0.6 is 0 Å². The first-order valence-electron chi connectivity index (χ1n) is 6.49. The first-order chi connectivity index (χ1) is 9.79. The van der Waals surface area contributed by atoms with E-state index < -0.39 is 0 Å². The zero-order chi connectivity index (χ0) is 14.2. The van der Waals surface area contributed by atoms with Crippen LogP contribution in [0.5, 0.6) is 0 Å². The van der Waals surface area contributed by atoms with E-state index in [2.05, 4.69) is 12.1 Å². The number of ether oxygens (including phenoxy) is 1. The van der Waals surface area contributed by atoms with E-state index in [1.165, 1.54) is 11.8 Å². The minimum absolute atomic E-state index is 0.354. The molecule has 0 radical (unpaired) electrons. The van der Waals surface area contributed by atoms with Gasteiger partial charge in [0, 0.05) is 6.61 Å². The van der Waals surface area contributed by atoms with Gasteiger partial charge in [0.05, 0.1) is 5.56 Å². The molecule has 0 saturated heterocycles. The summed E-state index contributed by atoms with van der Waals surface area (Å²) in [5, 5.41) is 0. The van der Waals surface area contributed by atoms with Crippen LogP contribution in [0.4, 0.5) is 0 Å². The molecule has 0 atom stereocenters. The number of furan rings is 1. The van der Waals surface area contributed by atoms with Crippen molar-refractivity contribution in [3.63, 3.8) is 0 Å². The van der Waals surface area contributed by atoms with Crippen molar-refractivity contribution in [2.45, 2.75) is 19.4 Å². The van der Waals surface area contributed by atoms with Crippen LogP contribution in [0.1, 0.15) is 28.1 Å². The Morgan fingerprint density at radius 1 is 1.30 bits per heavy atom. The number of carbonyl (C=O) groups excluding carboxylic acids is 1. The number of nitrogens with one attached hydrogen (secondary N) is 1. The number of nitrogens with two attached hydrogens (primary N) is 1. The molecule has 1 aromatic heterocycles. The Balaban J connectivity index is 1.66. The van der Waals surface area contributed by atoms with E-state index >= 15 is 0 Å². The third-order valence-electron chi connectivity index (χ3n) is 2.89. The highest BCUT2D eigenvalue weighted by atomic mass is 16.5. The van der Waals surface area contributed by atoms with Gasteiger partial charge in [0.15, 0.2) is 0 Å². The number of amides is 1. The topological polar surface area (TPSA) is 77.5 Å². The zero-order valence-electron chi connectivity index (χ0n) is 11.2. The predicted octanol–water partition coefficient (Wildman–Crippen LogP) is 2.03. The molecule has 0 aliphatic rings. The highest BCUT2D eigenvalue weighted by molar-refractivity contribution is 5.93. The maximum atomic E-state index is 11.2. The summed E-state index contributed by atoms with van der Waals surface area (Å²) in [4.78, 5) is 11.2. The van der Waals surface area contributed by atoms with Crippen LogP contribution in [0.15, 0.2) is 47.1 Å². The monoisotopic (exact) mass is 274 g/mol. The highest BCUT2D eigenvalue weighted by Crippen LogP contribution is 2.09. The molecule has 0 aliphatic heterocycles. The lowest BCUT2D eigenvalue weighted by atomic mass is 10.1. The van der Waals surface area contributed by atoms with Gasteiger partial charge >= 0.3 is 0 Å². The van der Waals surface area contributed by atoms with E-state index in [-0.39, 0.29) is 5.91 Å². The Labute approximate surface area is 117 Å². The minimum atomic E-state index is -0.371. The van der Waals surface area contributed by atoms with Gasteiger partial charge in [0.1, 0.15) is 18.6 Å². The Morgan fingerprint density at radius 2 is 2.10 bits per heavy atom. The second-order valence-electron chi connectivity index (χ2n) is 4.42. The fraction of sp³-hybridized carbons (Fsp3) is 0.267. The van der Waals surface area contributed by atoms with Gasteiger partial charge in [-0.2, -0.15) is 0 Å². The lowest BCUT2D eigenvalue weighted by Crippen LogP contribution is -2.29. The van der Waals surface area contributed by atoms with E-state index in [0.29, 0.717) is 24.5 Å². The maximum absolute atomic E-state index is 11.2. The van der Waals surface area contributed by atoms with Gasteiger partial charge in [-0.25, -0.2) is 5.84 Å². The van der Waals surface area contributed by atoms with Crippen LogP contribution in [0, 0.1) is 0 Å². The summed E-state index contributed by atoms with van der Waals surface area (Å²) in [6.07, 6.45) is 3.30. The molecule has 2 aromatic rings. The number of hydrogen-bond acceptors (Lipinski definition) is 4. The zero-order valence-corrected chi connectivity index (χ0v) is 11.2. The van der Waals surface area contributed by atoms with Gasteiger partial charge in [-0.3, -0.25) is 10.2 Å². The number of aryl methyl sites for hydroxylation is 1. The van der Waals surface area contributed by atoms with Gasteiger partial charge in [-0.05, 0) is 24.5 Å². The second-order valence-corrected chi connectivity index (χ2v) is 4.42. The molecule has 0 fully saturated rings. The lowest BCUT2D eigenvalue weighted by Gasteiger charge is -2.02. The molecular weight excluding hydrogens is 256 g/mol. The molecule has 1 heterocycles. The fourth-order valence-electron chi connectivity index (χ4n) is 1.85. The molecule has 106 valence electrons. The van der Waals surface area contributed by atoms with Crippen LogP contribution in [0.2, 0.25) is 0 Å². The lowest BCUT2D eigenvalue weighted by molar-refractivity contribution is 0.0953. The maximum Gasteiger partial charge on any atom is 0.268 e. The quantitative estimate of drug-likeness (QED) is 0.350. The molecular formula is C15H18N2O3. The third kappa shape index (κ3) is 4.22. The van der Waals surface area contributed by atoms with Crippen molar-refractivity contribution in [1.82, 2.24) is 5.43 Å². The molecule has 0 saturated carbocycles.